The Hall–Kier alpha value is -1.37. The van der Waals surface area contributed by atoms with Crippen LogP contribution in [0.15, 0.2) is 29.7 Å². The number of aryl methyl sites for hydroxylation is 1. The van der Waals surface area contributed by atoms with Crippen molar-refractivity contribution in [3.8, 4) is 0 Å². The largest absolute Gasteiger partial charge is 0.398 e. The van der Waals surface area contributed by atoms with Gasteiger partial charge in [-0.2, -0.15) is 0 Å². The third-order valence-electron chi connectivity index (χ3n) is 2.98. The molecule has 112 valence electrons. The summed E-state index contributed by atoms with van der Waals surface area (Å²) in [5.41, 5.74) is 7.60. The molecule has 0 aliphatic rings. The van der Waals surface area contributed by atoms with Gasteiger partial charge < -0.3 is 10.5 Å². The number of nitrogen functional groups attached to an aromatic ring is 1. The molecule has 0 unspecified atom stereocenters. The van der Waals surface area contributed by atoms with E-state index in [2.05, 4.69) is 11.3 Å². The Morgan fingerprint density at radius 1 is 1.35 bits per heavy atom. The molecule has 0 aliphatic carbocycles. The summed E-state index contributed by atoms with van der Waals surface area (Å²) in [5, 5.41) is 0. The quantitative estimate of drug-likeness (QED) is 0.435. The van der Waals surface area contributed by atoms with E-state index in [0.29, 0.717) is 18.8 Å². The van der Waals surface area contributed by atoms with Crippen molar-refractivity contribution in [2.24, 2.45) is 0 Å². The highest BCUT2D eigenvalue weighted by Crippen LogP contribution is 2.24. The molecular formula is C14H22N2O3S. The maximum Gasteiger partial charge on any atom is 0.242 e. The number of benzene rings is 1. The fraction of sp³-hybridized carbons (Fsp3) is 0.429. The lowest BCUT2D eigenvalue weighted by atomic mass is 10.1. The van der Waals surface area contributed by atoms with E-state index >= 15 is 0 Å². The summed E-state index contributed by atoms with van der Waals surface area (Å²) < 4.78 is 32.3. The average Bonchev–Trinajstić information content (AvgIpc) is 2.38. The number of hydrogen-bond donors (Lipinski definition) is 2. The molecule has 0 atom stereocenters. The van der Waals surface area contributed by atoms with Crippen LogP contribution in [0.25, 0.3) is 0 Å². The minimum Gasteiger partial charge on any atom is -0.398 e. The summed E-state index contributed by atoms with van der Waals surface area (Å²) in [4.78, 5) is 0.156. The molecule has 3 N–H and O–H groups in total. The summed E-state index contributed by atoms with van der Waals surface area (Å²) >= 11 is 0. The predicted octanol–water partition coefficient (Wildman–Crippen LogP) is 1.76. The van der Waals surface area contributed by atoms with Gasteiger partial charge in [-0.05, 0) is 37.5 Å². The predicted molar refractivity (Wildman–Crippen MR) is 81.1 cm³/mol. The topological polar surface area (TPSA) is 81.4 Å². The number of hydrogen-bond acceptors (Lipinski definition) is 4. The third kappa shape index (κ3) is 4.33. The van der Waals surface area contributed by atoms with Crippen LogP contribution >= 0.6 is 0 Å². The fourth-order valence-corrected chi connectivity index (χ4v) is 3.20. The van der Waals surface area contributed by atoms with Crippen molar-refractivity contribution in [1.82, 2.24) is 4.72 Å². The lowest BCUT2D eigenvalue weighted by molar-refractivity contribution is 0.144. The van der Waals surface area contributed by atoms with Crippen LogP contribution in [0.5, 0.6) is 0 Å². The van der Waals surface area contributed by atoms with Gasteiger partial charge in [0.15, 0.2) is 0 Å². The minimum atomic E-state index is -3.61. The molecule has 0 saturated heterocycles. The van der Waals surface area contributed by atoms with E-state index in [1.807, 2.05) is 13.0 Å². The molecule has 0 heterocycles. The Balaban J connectivity index is 2.70. The van der Waals surface area contributed by atoms with Gasteiger partial charge >= 0.3 is 0 Å². The van der Waals surface area contributed by atoms with E-state index in [9.17, 15) is 8.42 Å². The molecule has 1 rings (SSSR count). The van der Waals surface area contributed by atoms with Gasteiger partial charge in [0.25, 0.3) is 0 Å². The standard InChI is InChI=1S/C14H22N2O3S/c1-4-5-9-19-10-8-16-20(17,18)14-12(3)11(2)6-7-13(14)15/h4,6-7,16H,1,5,8-10,15H2,2-3H3. The summed E-state index contributed by atoms with van der Waals surface area (Å²) in [7, 11) is -3.61. The van der Waals surface area contributed by atoms with E-state index in [0.717, 1.165) is 12.0 Å². The lowest BCUT2D eigenvalue weighted by Crippen LogP contribution is -2.29. The monoisotopic (exact) mass is 298 g/mol. The molecule has 0 fully saturated rings. The van der Waals surface area contributed by atoms with Crippen LogP contribution in [0.2, 0.25) is 0 Å². The molecule has 0 amide bonds. The second-order valence-electron chi connectivity index (χ2n) is 4.51. The number of rotatable bonds is 8. The highest BCUT2D eigenvalue weighted by Gasteiger charge is 2.20. The van der Waals surface area contributed by atoms with E-state index in [4.69, 9.17) is 10.5 Å². The first-order valence-corrected chi connectivity index (χ1v) is 7.92. The van der Waals surface area contributed by atoms with Gasteiger partial charge in [0.05, 0.1) is 18.9 Å². The summed E-state index contributed by atoms with van der Waals surface area (Å²) in [6, 6.07) is 3.42. The lowest BCUT2D eigenvalue weighted by Gasteiger charge is -2.13. The van der Waals surface area contributed by atoms with Gasteiger partial charge in [-0.3, -0.25) is 0 Å². The van der Waals surface area contributed by atoms with Crippen molar-refractivity contribution in [2.75, 3.05) is 25.5 Å². The maximum absolute atomic E-state index is 12.3. The Morgan fingerprint density at radius 2 is 2.05 bits per heavy atom. The molecule has 20 heavy (non-hydrogen) atoms. The molecule has 6 heteroatoms. The molecule has 0 saturated carbocycles. The van der Waals surface area contributed by atoms with Crippen molar-refractivity contribution in [3.05, 3.63) is 35.9 Å². The van der Waals surface area contributed by atoms with Gasteiger partial charge in [-0.15, -0.1) is 6.58 Å². The molecule has 0 bridgehead atoms. The Morgan fingerprint density at radius 3 is 2.70 bits per heavy atom. The van der Waals surface area contributed by atoms with E-state index in [1.54, 1.807) is 19.1 Å². The molecular weight excluding hydrogens is 276 g/mol. The van der Waals surface area contributed by atoms with Crippen LogP contribution in [-0.4, -0.2) is 28.2 Å². The van der Waals surface area contributed by atoms with Crippen LogP contribution in [0, 0.1) is 13.8 Å². The zero-order valence-corrected chi connectivity index (χ0v) is 12.8. The van der Waals surface area contributed by atoms with Crippen molar-refractivity contribution >= 4 is 15.7 Å². The summed E-state index contributed by atoms with van der Waals surface area (Å²) in [6.45, 7) is 8.25. The Kier molecular flexibility index (Phi) is 6.19. The number of nitrogens with one attached hydrogen (secondary N) is 1. The summed E-state index contributed by atoms with van der Waals surface area (Å²) in [5.74, 6) is 0. The summed E-state index contributed by atoms with van der Waals surface area (Å²) in [6.07, 6.45) is 2.50. The first-order chi connectivity index (χ1) is 9.40. The van der Waals surface area contributed by atoms with E-state index in [-0.39, 0.29) is 17.1 Å². The van der Waals surface area contributed by atoms with Crippen LogP contribution in [-0.2, 0) is 14.8 Å². The third-order valence-corrected chi connectivity index (χ3v) is 4.64. The molecule has 1 aromatic carbocycles. The molecule has 5 nitrogen and oxygen atoms in total. The van der Waals surface area contributed by atoms with Gasteiger partial charge in [0, 0.05) is 6.54 Å². The fourth-order valence-electron chi connectivity index (χ4n) is 1.76. The Labute approximate surface area is 120 Å². The smallest absolute Gasteiger partial charge is 0.242 e. The van der Waals surface area contributed by atoms with Crippen molar-refractivity contribution < 1.29 is 13.2 Å². The van der Waals surface area contributed by atoms with E-state index in [1.165, 1.54) is 0 Å². The first kappa shape index (κ1) is 16.7. The normalized spacial score (nSPS) is 11.5. The maximum atomic E-state index is 12.3. The van der Waals surface area contributed by atoms with Crippen LogP contribution in [0.3, 0.4) is 0 Å². The van der Waals surface area contributed by atoms with Crippen molar-refractivity contribution in [3.63, 3.8) is 0 Å². The second kappa shape index (κ2) is 7.42. The Bertz CT molecular complexity index is 568. The molecule has 1 aromatic rings. The number of sulfonamides is 1. The van der Waals surface area contributed by atoms with Gasteiger partial charge in [-0.25, -0.2) is 13.1 Å². The zero-order chi connectivity index (χ0) is 15.2. The molecule has 0 spiro atoms. The number of nitrogens with two attached hydrogens (primary N) is 1. The van der Waals surface area contributed by atoms with Crippen LogP contribution < -0.4 is 10.5 Å². The van der Waals surface area contributed by atoms with Crippen molar-refractivity contribution in [2.45, 2.75) is 25.2 Å². The minimum absolute atomic E-state index is 0.156. The van der Waals surface area contributed by atoms with Gasteiger partial charge in [0.2, 0.25) is 10.0 Å². The zero-order valence-electron chi connectivity index (χ0n) is 12.0. The molecule has 0 aliphatic heterocycles. The first-order valence-electron chi connectivity index (χ1n) is 6.44. The van der Waals surface area contributed by atoms with Crippen molar-refractivity contribution in [1.29, 1.82) is 0 Å². The number of ether oxygens (including phenoxy) is 1. The van der Waals surface area contributed by atoms with Gasteiger partial charge in [0.1, 0.15) is 4.90 Å². The average molecular weight is 298 g/mol. The highest BCUT2D eigenvalue weighted by molar-refractivity contribution is 7.89. The molecule has 0 aromatic heterocycles. The van der Waals surface area contributed by atoms with Crippen LogP contribution in [0.1, 0.15) is 17.5 Å². The SMILES string of the molecule is C=CCCOCCNS(=O)(=O)c1c(N)ccc(C)c1C. The van der Waals surface area contributed by atoms with Crippen LogP contribution in [0.4, 0.5) is 5.69 Å². The highest BCUT2D eigenvalue weighted by atomic mass is 32.2. The van der Waals surface area contributed by atoms with E-state index < -0.39 is 10.0 Å². The second-order valence-corrected chi connectivity index (χ2v) is 6.22. The number of anilines is 1. The van der Waals surface area contributed by atoms with Gasteiger partial charge in [-0.1, -0.05) is 12.1 Å². The molecule has 0 radical (unpaired) electrons.